The highest BCUT2D eigenvalue weighted by Crippen LogP contribution is 2.34. The van der Waals surface area contributed by atoms with Crippen LogP contribution in [0, 0.1) is 19.7 Å². The SMILES string of the molecule is Cc1cccc(C(C)C)c1NC(=O)COC(=O)c1c(-c2c(F)cccc2Cl)noc1C. The summed E-state index contributed by atoms with van der Waals surface area (Å²) in [5, 5.41) is 6.64. The molecule has 0 atom stereocenters. The zero-order chi connectivity index (χ0) is 22.7. The van der Waals surface area contributed by atoms with Crippen LogP contribution in [0.15, 0.2) is 40.9 Å². The molecule has 2 aromatic carbocycles. The molecule has 0 saturated heterocycles. The highest BCUT2D eigenvalue weighted by molar-refractivity contribution is 6.33. The van der Waals surface area contributed by atoms with Crippen molar-refractivity contribution in [3.8, 4) is 11.3 Å². The molecule has 0 aliphatic rings. The third-order valence-electron chi connectivity index (χ3n) is 4.79. The second-order valence-electron chi connectivity index (χ2n) is 7.38. The molecular formula is C23H22ClFN2O4. The van der Waals surface area contributed by atoms with Gasteiger partial charge in [0.1, 0.15) is 22.8 Å². The van der Waals surface area contributed by atoms with Crippen molar-refractivity contribution in [2.24, 2.45) is 0 Å². The first-order valence-corrected chi connectivity index (χ1v) is 10.1. The normalized spacial score (nSPS) is 10.9. The number of hydrogen-bond acceptors (Lipinski definition) is 5. The van der Waals surface area contributed by atoms with Gasteiger partial charge in [-0.05, 0) is 43.0 Å². The van der Waals surface area contributed by atoms with E-state index in [0.717, 1.165) is 11.1 Å². The van der Waals surface area contributed by atoms with E-state index in [4.69, 9.17) is 20.9 Å². The van der Waals surface area contributed by atoms with E-state index in [1.54, 1.807) is 0 Å². The second kappa shape index (κ2) is 9.31. The van der Waals surface area contributed by atoms with Gasteiger partial charge < -0.3 is 14.6 Å². The summed E-state index contributed by atoms with van der Waals surface area (Å²) in [5.74, 6) is -1.69. The van der Waals surface area contributed by atoms with Gasteiger partial charge in [0.25, 0.3) is 5.91 Å². The number of benzene rings is 2. The van der Waals surface area contributed by atoms with Gasteiger partial charge >= 0.3 is 5.97 Å². The minimum absolute atomic E-state index is 0.0702. The Morgan fingerprint density at radius 1 is 1.19 bits per heavy atom. The third-order valence-corrected chi connectivity index (χ3v) is 5.11. The average molecular weight is 445 g/mol. The molecule has 0 bridgehead atoms. The van der Waals surface area contributed by atoms with Crippen LogP contribution in [0.25, 0.3) is 11.3 Å². The van der Waals surface area contributed by atoms with E-state index >= 15 is 0 Å². The van der Waals surface area contributed by atoms with Crippen molar-refractivity contribution in [1.29, 1.82) is 0 Å². The Morgan fingerprint density at radius 3 is 2.58 bits per heavy atom. The number of para-hydroxylation sites is 1. The van der Waals surface area contributed by atoms with Crippen LogP contribution in [-0.2, 0) is 9.53 Å². The lowest BCUT2D eigenvalue weighted by Crippen LogP contribution is -2.22. The Balaban J connectivity index is 1.77. The number of halogens is 2. The summed E-state index contributed by atoms with van der Waals surface area (Å²) < 4.78 is 24.5. The quantitative estimate of drug-likeness (QED) is 0.495. The van der Waals surface area contributed by atoms with Crippen molar-refractivity contribution in [2.75, 3.05) is 11.9 Å². The summed E-state index contributed by atoms with van der Waals surface area (Å²) >= 11 is 6.08. The monoisotopic (exact) mass is 444 g/mol. The van der Waals surface area contributed by atoms with Crippen LogP contribution in [0.1, 0.15) is 47.0 Å². The van der Waals surface area contributed by atoms with Crippen LogP contribution in [-0.4, -0.2) is 23.6 Å². The summed E-state index contributed by atoms with van der Waals surface area (Å²) in [7, 11) is 0. The third kappa shape index (κ3) is 4.77. The highest BCUT2D eigenvalue weighted by Gasteiger charge is 2.27. The Labute approximate surface area is 184 Å². The first-order valence-electron chi connectivity index (χ1n) is 9.67. The van der Waals surface area contributed by atoms with Crippen molar-refractivity contribution >= 4 is 29.2 Å². The summed E-state index contributed by atoms with van der Waals surface area (Å²) in [6, 6.07) is 9.85. The zero-order valence-electron chi connectivity index (χ0n) is 17.6. The number of carbonyl (C=O) groups excluding carboxylic acids is 2. The number of amides is 1. The average Bonchev–Trinajstić information content (AvgIpc) is 3.08. The number of esters is 1. The minimum Gasteiger partial charge on any atom is -0.452 e. The Morgan fingerprint density at radius 2 is 1.90 bits per heavy atom. The number of anilines is 1. The molecule has 1 amide bonds. The summed E-state index contributed by atoms with van der Waals surface area (Å²) in [5.41, 5.74) is 2.34. The lowest BCUT2D eigenvalue weighted by Gasteiger charge is -2.16. The van der Waals surface area contributed by atoms with Crippen molar-refractivity contribution in [3.05, 3.63) is 69.7 Å². The molecule has 1 N–H and O–H groups in total. The first kappa shape index (κ1) is 22.5. The first-order chi connectivity index (χ1) is 14.7. The van der Waals surface area contributed by atoms with Gasteiger partial charge in [0.15, 0.2) is 6.61 Å². The van der Waals surface area contributed by atoms with Crippen molar-refractivity contribution < 1.29 is 23.2 Å². The van der Waals surface area contributed by atoms with E-state index in [9.17, 15) is 14.0 Å². The van der Waals surface area contributed by atoms with E-state index in [1.165, 1.54) is 25.1 Å². The van der Waals surface area contributed by atoms with Crippen LogP contribution in [0.5, 0.6) is 0 Å². The molecule has 3 aromatic rings. The largest absolute Gasteiger partial charge is 0.452 e. The zero-order valence-corrected chi connectivity index (χ0v) is 18.3. The van der Waals surface area contributed by atoms with Crippen LogP contribution in [0.4, 0.5) is 10.1 Å². The van der Waals surface area contributed by atoms with Gasteiger partial charge in [-0.3, -0.25) is 4.79 Å². The van der Waals surface area contributed by atoms with Crippen molar-refractivity contribution in [3.63, 3.8) is 0 Å². The van der Waals surface area contributed by atoms with E-state index in [2.05, 4.69) is 10.5 Å². The lowest BCUT2D eigenvalue weighted by atomic mass is 9.98. The summed E-state index contributed by atoms with van der Waals surface area (Å²) in [6.07, 6.45) is 0. The second-order valence-corrected chi connectivity index (χ2v) is 7.78. The predicted octanol–water partition coefficient (Wildman–Crippen LogP) is 5.67. The molecule has 31 heavy (non-hydrogen) atoms. The Hall–Kier alpha value is -3.19. The number of ether oxygens (including phenoxy) is 1. The molecular weight excluding hydrogens is 423 g/mol. The summed E-state index contributed by atoms with van der Waals surface area (Å²) in [4.78, 5) is 25.1. The van der Waals surface area contributed by atoms with E-state index in [1.807, 2.05) is 39.0 Å². The minimum atomic E-state index is -0.864. The van der Waals surface area contributed by atoms with Gasteiger partial charge in [-0.2, -0.15) is 0 Å². The maximum Gasteiger partial charge on any atom is 0.344 e. The van der Waals surface area contributed by atoms with Gasteiger partial charge in [-0.25, -0.2) is 9.18 Å². The number of rotatable bonds is 6. The van der Waals surface area contributed by atoms with Crippen molar-refractivity contribution in [2.45, 2.75) is 33.6 Å². The molecule has 0 aliphatic heterocycles. The van der Waals surface area contributed by atoms with E-state index in [0.29, 0.717) is 5.69 Å². The number of aryl methyl sites for hydroxylation is 2. The van der Waals surface area contributed by atoms with E-state index in [-0.39, 0.29) is 33.5 Å². The smallest absolute Gasteiger partial charge is 0.344 e. The number of hydrogen-bond donors (Lipinski definition) is 1. The number of nitrogens with one attached hydrogen (secondary N) is 1. The van der Waals surface area contributed by atoms with Gasteiger partial charge in [-0.1, -0.05) is 54.9 Å². The standard InChI is InChI=1S/C23H22ClFN2O4/c1-12(2)15-8-5-7-13(3)21(15)26-18(28)11-30-23(29)19-14(4)31-27-22(19)20-16(24)9-6-10-17(20)25/h5-10,12H,11H2,1-4H3,(H,26,28). The molecule has 3 rings (SSSR count). The van der Waals surface area contributed by atoms with Gasteiger partial charge in [-0.15, -0.1) is 0 Å². The van der Waals surface area contributed by atoms with Crippen LogP contribution in [0.2, 0.25) is 5.02 Å². The fraction of sp³-hybridized carbons (Fsp3) is 0.261. The molecule has 1 heterocycles. The topological polar surface area (TPSA) is 81.4 Å². The van der Waals surface area contributed by atoms with Gasteiger partial charge in [0.2, 0.25) is 0 Å². The fourth-order valence-corrected chi connectivity index (χ4v) is 3.48. The fourth-order valence-electron chi connectivity index (χ4n) is 3.23. The molecule has 1 aromatic heterocycles. The molecule has 0 spiro atoms. The number of nitrogens with zero attached hydrogens (tertiary/aromatic N) is 1. The maximum atomic E-state index is 14.3. The van der Waals surface area contributed by atoms with Crippen LogP contribution >= 0.6 is 11.6 Å². The van der Waals surface area contributed by atoms with Gasteiger partial charge in [0.05, 0.1) is 10.6 Å². The molecule has 0 radical (unpaired) electrons. The van der Waals surface area contributed by atoms with E-state index < -0.39 is 24.3 Å². The van der Waals surface area contributed by atoms with Crippen molar-refractivity contribution in [1.82, 2.24) is 5.16 Å². The number of aromatic nitrogens is 1. The molecule has 0 fully saturated rings. The number of carbonyl (C=O) groups is 2. The Kier molecular flexibility index (Phi) is 6.75. The summed E-state index contributed by atoms with van der Waals surface area (Å²) in [6.45, 7) is 6.89. The lowest BCUT2D eigenvalue weighted by molar-refractivity contribution is -0.119. The Bertz CT molecular complexity index is 1120. The molecule has 6 nitrogen and oxygen atoms in total. The molecule has 0 saturated carbocycles. The molecule has 162 valence electrons. The van der Waals surface area contributed by atoms with Gasteiger partial charge in [0, 0.05) is 5.69 Å². The molecule has 0 unspecified atom stereocenters. The molecule has 0 aliphatic carbocycles. The molecule has 8 heteroatoms. The van der Waals surface area contributed by atoms with Crippen LogP contribution in [0.3, 0.4) is 0 Å². The predicted molar refractivity (Wildman–Crippen MR) is 116 cm³/mol. The van der Waals surface area contributed by atoms with Crippen LogP contribution < -0.4 is 5.32 Å². The maximum absolute atomic E-state index is 14.3. The highest BCUT2D eigenvalue weighted by atomic mass is 35.5.